The molecule has 0 bridgehead atoms. The third-order valence-electron chi connectivity index (χ3n) is 9.24. The number of phenols is 2. The van der Waals surface area contributed by atoms with Crippen LogP contribution in [-0.2, 0) is 9.59 Å². The van der Waals surface area contributed by atoms with E-state index in [-0.39, 0.29) is 35.1 Å². The second-order valence-electron chi connectivity index (χ2n) is 11.6. The topological polar surface area (TPSA) is 93.1 Å². The van der Waals surface area contributed by atoms with Crippen LogP contribution in [0.4, 0.5) is 11.4 Å². The first-order chi connectivity index (χ1) is 20.4. The SMILES string of the molecule is O=C([C@@H]1CNC[C@H](C(=O)N2C[C@@H](CCl)c3c2cc(O)c2ccccc32)C1)N1C[C@@H](CCl)c2c1cc(O)c1ccccc21. The van der Waals surface area contributed by atoms with Crippen molar-refractivity contribution in [2.45, 2.75) is 18.3 Å². The summed E-state index contributed by atoms with van der Waals surface area (Å²) < 4.78 is 0. The van der Waals surface area contributed by atoms with Gasteiger partial charge in [0, 0.05) is 72.7 Å². The molecule has 9 heteroatoms. The van der Waals surface area contributed by atoms with Gasteiger partial charge in [0.05, 0.1) is 23.2 Å². The van der Waals surface area contributed by atoms with E-state index in [1.165, 1.54) is 0 Å². The van der Waals surface area contributed by atoms with Crippen LogP contribution in [0, 0.1) is 11.8 Å². The van der Waals surface area contributed by atoms with Crippen molar-refractivity contribution in [2.24, 2.45) is 11.8 Å². The molecule has 3 aliphatic rings. The van der Waals surface area contributed by atoms with E-state index < -0.39 is 11.8 Å². The molecule has 4 atom stereocenters. The van der Waals surface area contributed by atoms with Crippen molar-refractivity contribution in [1.82, 2.24) is 5.32 Å². The minimum absolute atomic E-state index is 0.0545. The van der Waals surface area contributed by atoms with Gasteiger partial charge in [0.2, 0.25) is 11.8 Å². The zero-order valence-corrected chi connectivity index (χ0v) is 24.4. The lowest BCUT2D eigenvalue weighted by Gasteiger charge is -2.33. The summed E-state index contributed by atoms with van der Waals surface area (Å²) in [5.41, 5.74) is 3.35. The standard InChI is InChI=1S/C33H31Cl2N3O4/c34-12-20-16-37(26-10-28(39)22-5-1-3-7-24(22)30(20)26)32(41)18-9-19(15-36-14-18)33(42)38-17-21(13-35)31-25-8-4-2-6-23(25)29(40)11-27(31)38/h1-8,10-11,18-21,36,39-40H,9,12-17H2/t18-,19+,20-,21-/m1/s1. The number of piperidine rings is 1. The number of rotatable bonds is 4. The summed E-state index contributed by atoms with van der Waals surface area (Å²) in [6, 6.07) is 18.6. The minimum Gasteiger partial charge on any atom is -0.507 e. The lowest BCUT2D eigenvalue weighted by atomic mass is 9.88. The molecule has 7 nitrogen and oxygen atoms in total. The molecule has 7 rings (SSSR count). The van der Waals surface area contributed by atoms with Crippen molar-refractivity contribution in [3.05, 3.63) is 71.8 Å². The van der Waals surface area contributed by atoms with Gasteiger partial charge in [-0.05, 0) is 28.3 Å². The molecule has 1 saturated heterocycles. The number of nitrogens with zero attached hydrogens (tertiary/aromatic N) is 2. The Morgan fingerprint density at radius 1 is 0.714 bits per heavy atom. The molecule has 0 radical (unpaired) electrons. The van der Waals surface area contributed by atoms with E-state index in [4.69, 9.17) is 23.2 Å². The molecule has 3 heterocycles. The number of hydrogen-bond acceptors (Lipinski definition) is 5. The van der Waals surface area contributed by atoms with E-state index in [9.17, 15) is 19.8 Å². The number of anilines is 2. The normalized spacial score (nSPS) is 23.4. The molecule has 216 valence electrons. The van der Waals surface area contributed by atoms with Gasteiger partial charge in [-0.15, -0.1) is 23.2 Å². The molecule has 0 aliphatic carbocycles. The van der Waals surface area contributed by atoms with Gasteiger partial charge in [-0.2, -0.15) is 0 Å². The first-order valence-electron chi connectivity index (χ1n) is 14.4. The largest absolute Gasteiger partial charge is 0.507 e. The average Bonchev–Trinajstić information content (AvgIpc) is 3.59. The van der Waals surface area contributed by atoms with Gasteiger partial charge in [-0.3, -0.25) is 9.59 Å². The van der Waals surface area contributed by atoms with Crippen LogP contribution in [0.25, 0.3) is 21.5 Å². The van der Waals surface area contributed by atoms with Crippen LogP contribution in [0.2, 0.25) is 0 Å². The van der Waals surface area contributed by atoms with Gasteiger partial charge in [0.25, 0.3) is 0 Å². The third kappa shape index (κ3) is 4.21. The molecule has 0 saturated carbocycles. The fraction of sp³-hybridized carbons (Fsp3) is 0.333. The molecule has 4 aromatic rings. The molecule has 0 unspecified atom stereocenters. The summed E-state index contributed by atoms with van der Waals surface area (Å²) >= 11 is 12.8. The van der Waals surface area contributed by atoms with Gasteiger partial charge in [0.15, 0.2) is 0 Å². The number of aromatic hydroxyl groups is 2. The Morgan fingerprint density at radius 2 is 1.12 bits per heavy atom. The summed E-state index contributed by atoms with van der Waals surface area (Å²) in [6.07, 6.45) is 0.401. The van der Waals surface area contributed by atoms with E-state index in [1.54, 1.807) is 21.9 Å². The number of carbonyl (C=O) groups excluding carboxylic acids is 2. The third-order valence-corrected chi connectivity index (χ3v) is 9.99. The van der Waals surface area contributed by atoms with E-state index in [0.717, 1.165) is 32.7 Å². The molecule has 2 amide bonds. The van der Waals surface area contributed by atoms with Crippen molar-refractivity contribution in [2.75, 3.05) is 47.7 Å². The molecule has 4 aromatic carbocycles. The summed E-state index contributed by atoms with van der Waals surface area (Å²) in [7, 11) is 0. The molecule has 1 fully saturated rings. The molecular weight excluding hydrogens is 573 g/mol. The van der Waals surface area contributed by atoms with Crippen molar-refractivity contribution >= 4 is 67.9 Å². The number of hydrogen-bond donors (Lipinski definition) is 3. The Hall–Kier alpha value is -3.52. The highest BCUT2D eigenvalue weighted by Gasteiger charge is 2.42. The lowest BCUT2D eigenvalue weighted by molar-refractivity contribution is -0.126. The minimum atomic E-state index is -0.417. The van der Waals surface area contributed by atoms with E-state index in [1.807, 2.05) is 48.5 Å². The molecule has 0 aromatic heterocycles. The van der Waals surface area contributed by atoms with Crippen LogP contribution in [0.1, 0.15) is 29.4 Å². The van der Waals surface area contributed by atoms with Crippen LogP contribution in [0.5, 0.6) is 11.5 Å². The number of phenolic OH excluding ortho intramolecular Hbond substituents is 2. The zero-order valence-electron chi connectivity index (χ0n) is 22.9. The molecule has 0 spiro atoms. The van der Waals surface area contributed by atoms with Crippen LogP contribution < -0.4 is 15.1 Å². The fourth-order valence-corrected chi connectivity index (χ4v) is 7.79. The Bertz CT molecular complexity index is 1620. The molecule has 3 aliphatic heterocycles. The number of fused-ring (bicyclic) bond motifs is 6. The highest BCUT2D eigenvalue weighted by molar-refractivity contribution is 6.19. The lowest BCUT2D eigenvalue weighted by Crippen LogP contribution is -2.50. The Balaban J connectivity index is 1.17. The molecule has 3 N–H and O–H groups in total. The number of nitrogens with one attached hydrogen (secondary N) is 1. The van der Waals surface area contributed by atoms with E-state index in [2.05, 4.69) is 5.32 Å². The Labute approximate surface area is 253 Å². The first-order valence-corrected chi connectivity index (χ1v) is 15.4. The Morgan fingerprint density at radius 3 is 1.52 bits per heavy atom. The van der Waals surface area contributed by atoms with Gasteiger partial charge in [-0.1, -0.05) is 48.5 Å². The number of benzene rings is 4. The van der Waals surface area contributed by atoms with Crippen molar-refractivity contribution in [1.29, 1.82) is 0 Å². The van der Waals surface area contributed by atoms with Crippen molar-refractivity contribution < 1.29 is 19.8 Å². The van der Waals surface area contributed by atoms with E-state index >= 15 is 0 Å². The number of amides is 2. The van der Waals surface area contributed by atoms with E-state index in [0.29, 0.717) is 55.7 Å². The molecular formula is C33H31Cl2N3O4. The number of halogens is 2. The summed E-state index contributed by atoms with van der Waals surface area (Å²) in [4.78, 5) is 31.6. The molecule has 42 heavy (non-hydrogen) atoms. The summed E-state index contributed by atoms with van der Waals surface area (Å²) in [5, 5.41) is 28.2. The Kier molecular flexibility index (Phi) is 6.92. The zero-order chi connectivity index (χ0) is 29.1. The van der Waals surface area contributed by atoms with Crippen LogP contribution in [-0.4, -0.2) is 60.0 Å². The predicted molar refractivity (Wildman–Crippen MR) is 167 cm³/mol. The predicted octanol–water partition coefficient (Wildman–Crippen LogP) is 5.67. The van der Waals surface area contributed by atoms with Gasteiger partial charge in [-0.25, -0.2) is 0 Å². The number of carbonyl (C=O) groups is 2. The van der Waals surface area contributed by atoms with Crippen molar-refractivity contribution in [3.8, 4) is 11.5 Å². The van der Waals surface area contributed by atoms with Gasteiger partial charge < -0.3 is 25.3 Å². The van der Waals surface area contributed by atoms with Crippen LogP contribution in [0.3, 0.4) is 0 Å². The highest BCUT2D eigenvalue weighted by Crippen LogP contribution is 2.47. The highest BCUT2D eigenvalue weighted by atomic mass is 35.5. The summed E-state index contributed by atoms with van der Waals surface area (Å²) in [6.45, 7) is 1.80. The quantitative estimate of drug-likeness (QED) is 0.261. The van der Waals surface area contributed by atoms with Crippen LogP contribution >= 0.6 is 23.2 Å². The second-order valence-corrected chi connectivity index (χ2v) is 12.3. The first kappa shape index (κ1) is 27.3. The maximum absolute atomic E-state index is 14.0. The average molecular weight is 605 g/mol. The monoisotopic (exact) mass is 603 g/mol. The van der Waals surface area contributed by atoms with Gasteiger partial charge in [0.1, 0.15) is 11.5 Å². The van der Waals surface area contributed by atoms with Crippen LogP contribution in [0.15, 0.2) is 60.7 Å². The smallest absolute Gasteiger partial charge is 0.231 e. The maximum Gasteiger partial charge on any atom is 0.231 e. The second kappa shape index (κ2) is 10.6. The fourth-order valence-electron chi connectivity index (χ4n) is 7.28. The number of alkyl halides is 2. The maximum atomic E-state index is 14.0. The van der Waals surface area contributed by atoms with Gasteiger partial charge >= 0.3 is 0 Å². The van der Waals surface area contributed by atoms with Crippen molar-refractivity contribution in [3.63, 3.8) is 0 Å². The summed E-state index contributed by atoms with van der Waals surface area (Å²) in [5.74, 6) is -0.129.